The van der Waals surface area contributed by atoms with Crippen LogP contribution in [0.5, 0.6) is 0 Å². The summed E-state index contributed by atoms with van der Waals surface area (Å²) >= 11 is 0. The van der Waals surface area contributed by atoms with Crippen LogP contribution in [0.1, 0.15) is 41.0 Å². The molecule has 2 bridgehead atoms. The minimum atomic E-state index is -0.0378. The number of piperidine rings is 2. The average Bonchev–Trinajstić information content (AvgIpc) is 2.81. The van der Waals surface area contributed by atoms with Crippen LogP contribution in [0.25, 0.3) is 11.4 Å². The maximum Gasteiger partial charge on any atom is 0.273 e. The number of hydrogen-bond acceptors (Lipinski definition) is 6. The lowest BCUT2D eigenvalue weighted by molar-refractivity contribution is 0.0277. The van der Waals surface area contributed by atoms with Crippen LogP contribution in [-0.4, -0.2) is 49.4 Å². The van der Waals surface area contributed by atoms with Gasteiger partial charge in [0.1, 0.15) is 11.5 Å². The monoisotopic (exact) mass is 414 g/mol. The fraction of sp³-hybridized carbons (Fsp3) is 0.375. The normalized spacial score (nSPS) is 22.4. The first-order valence-corrected chi connectivity index (χ1v) is 10.8. The van der Waals surface area contributed by atoms with Crippen molar-refractivity contribution in [3.05, 3.63) is 65.9 Å². The summed E-state index contributed by atoms with van der Waals surface area (Å²) in [7, 11) is 0. The van der Waals surface area contributed by atoms with E-state index in [1.54, 1.807) is 18.5 Å². The standard InChI is InChI=1S/C24H26N6O/c1-15-4-9-21(27-13-15)29-19-12-17-6-8-20(19)30(14-17)24(31)22-18(7-5-16(2)28-22)23-25-10-3-11-26-23/h3-5,7,9-11,13,17,19-20H,6,8,12,14H2,1-2H3,(H,27,29)/t17?,19-,20+/m1/s1. The molecule has 1 unspecified atom stereocenters. The molecule has 1 saturated carbocycles. The van der Waals surface area contributed by atoms with Crippen molar-refractivity contribution < 1.29 is 4.79 Å². The lowest BCUT2D eigenvalue weighted by Gasteiger charge is -2.50. The largest absolute Gasteiger partial charge is 0.365 e. The van der Waals surface area contributed by atoms with Gasteiger partial charge in [0.2, 0.25) is 0 Å². The van der Waals surface area contributed by atoms with Crippen LogP contribution < -0.4 is 5.32 Å². The molecule has 6 rings (SSSR count). The van der Waals surface area contributed by atoms with Crippen molar-refractivity contribution in [1.82, 2.24) is 24.8 Å². The van der Waals surface area contributed by atoms with Crippen molar-refractivity contribution in [3.8, 4) is 11.4 Å². The summed E-state index contributed by atoms with van der Waals surface area (Å²) in [5, 5.41) is 3.58. The highest BCUT2D eigenvalue weighted by Crippen LogP contribution is 2.38. The number of nitrogens with one attached hydrogen (secondary N) is 1. The molecule has 158 valence electrons. The fourth-order valence-electron chi connectivity index (χ4n) is 4.80. The highest BCUT2D eigenvalue weighted by Gasteiger charge is 2.44. The Hall–Kier alpha value is -3.35. The van der Waals surface area contributed by atoms with Gasteiger partial charge in [-0.1, -0.05) is 6.07 Å². The minimum absolute atomic E-state index is 0.0378. The van der Waals surface area contributed by atoms with E-state index in [1.165, 1.54) is 0 Å². The van der Waals surface area contributed by atoms with E-state index in [2.05, 4.69) is 31.3 Å². The van der Waals surface area contributed by atoms with E-state index in [0.717, 1.165) is 42.9 Å². The molecule has 31 heavy (non-hydrogen) atoms. The van der Waals surface area contributed by atoms with Crippen molar-refractivity contribution >= 4 is 11.7 Å². The summed E-state index contributed by atoms with van der Waals surface area (Å²) in [5.74, 6) is 1.84. The number of pyridine rings is 2. The lowest BCUT2D eigenvalue weighted by Crippen LogP contribution is -2.60. The molecular formula is C24H26N6O. The molecule has 7 heteroatoms. The second kappa shape index (κ2) is 8.06. The van der Waals surface area contributed by atoms with Gasteiger partial charge in [-0.15, -0.1) is 0 Å². The Morgan fingerprint density at radius 1 is 1.06 bits per heavy atom. The predicted molar refractivity (Wildman–Crippen MR) is 119 cm³/mol. The van der Waals surface area contributed by atoms with Crippen molar-refractivity contribution in [2.75, 3.05) is 11.9 Å². The van der Waals surface area contributed by atoms with Crippen LogP contribution in [0.3, 0.4) is 0 Å². The summed E-state index contributed by atoms with van der Waals surface area (Å²) in [6.45, 7) is 4.71. The van der Waals surface area contributed by atoms with E-state index in [-0.39, 0.29) is 18.0 Å². The minimum Gasteiger partial charge on any atom is -0.365 e. The zero-order chi connectivity index (χ0) is 21.4. The molecule has 1 aliphatic carbocycles. The number of anilines is 1. The molecular weight excluding hydrogens is 388 g/mol. The molecule has 7 nitrogen and oxygen atoms in total. The first-order chi connectivity index (χ1) is 15.1. The van der Waals surface area contributed by atoms with Crippen LogP contribution in [0, 0.1) is 19.8 Å². The smallest absolute Gasteiger partial charge is 0.273 e. The molecule has 1 N–H and O–H groups in total. The lowest BCUT2D eigenvalue weighted by atomic mass is 9.76. The van der Waals surface area contributed by atoms with Crippen LogP contribution in [0.4, 0.5) is 5.82 Å². The van der Waals surface area contributed by atoms with E-state index in [1.807, 2.05) is 43.1 Å². The first-order valence-electron chi connectivity index (χ1n) is 10.8. The molecule has 3 aromatic heterocycles. The van der Waals surface area contributed by atoms with Gasteiger partial charge in [0.15, 0.2) is 5.82 Å². The molecule has 0 aromatic carbocycles. The van der Waals surface area contributed by atoms with Gasteiger partial charge in [0.25, 0.3) is 5.91 Å². The van der Waals surface area contributed by atoms with Crippen LogP contribution in [-0.2, 0) is 0 Å². The van der Waals surface area contributed by atoms with E-state index < -0.39 is 0 Å². The summed E-state index contributed by atoms with van der Waals surface area (Å²) < 4.78 is 0. The SMILES string of the molecule is Cc1ccc(N[C@@H]2CC3CC[C@@H]2N(C(=O)c2nc(C)ccc2-c2ncccn2)C3)nc1. The van der Waals surface area contributed by atoms with Gasteiger partial charge < -0.3 is 10.2 Å². The Bertz CT molecular complexity index is 1080. The second-order valence-corrected chi connectivity index (χ2v) is 8.60. The number of aromatic nitrogens is 4. The van der Waals surface area contributed by atoms with Gasteiger partial charge in [0.05, 0.1) is 11.6 Å². The number of nitrogens with zero attached hydrogens (tertiary/aromatic N) is 5. The van der Waals surface area contributed by atoms with Crippen molar-refractivity contribution in [2.24, 2.45) is 5.92 Å². The summed E-state index contributed by atoms with van der Waals surface area (Å²) in [6, 6.07) is 9.95. The van der Waals surface area contributed by atoms with Gasteiger partial charge in [-0.25, -0.2) is 19.9 Å². The van der Waals surface area contributed by atoms with Crippen LogP contribution in [0.15, 0.2) is 48.9 Å². The van der Waals surface area contributed by atoms with E-state index in [9.17, 15) is 4.79 Å². The molecule has 0 spiro atoms. The number of fused-ring (bicyclic) bond motifs is 3. The topological polar surface area (TPSA) is 83.9 Å². The molecule has 1 amide bonds. The Kier molecular flexibility index (Phi) is 5.10. The number of carbonyl (C=O) groups excluding carboxylic acids is 1. The van der Waals surface area contributed by atoms with E-state index in [4.69, 9.17) is 0 Å². The van der Waals surface area contributed by atoms with Crippen LogP contribution in [0.2, 0.25) is 0 Å². The molecule has 3 atom stereocenters. The predicted octanol–water partition coefficient (Wildman–Crippen LogP) is 3.66. The van der Waals surface area contributed by atoms with E-state index in [0.29, 0.717) is 23.0 Å². The van der Waals surface area contributed by atoms with Crippen molar-refractivity contribution in [1.29, 1.82) is 0 Å². The average molecular weight is 415 g/mol. The molecule has 3 aliphatic rings. The quantitative estimate of drug-likeness (QED) is 0.701. The van der Waals surface area contributed by atoms with Gasteiger partial charge >= 0.3 is 0 Å². The number of rotatable bonds is 4. The Morgan fingerprint density at radius 2 is 1.90 bits per heavy atom. The summed E-state index contributed by atoms with van der Waals surface area (Å²) in [4.78, 5) is 33.6. The van der Waals surface area contributed by atoms with Gasteiger partial charge in [-0.3, -0.25) is 4.79 Å². The van der Waals surface area contributed by atoms with Gasteiger partial charge in [-0.05, 0) is 68.9 Å². The highest BCUT2D eigenvalue weighted by atomic mass is 16.2. The second-order valence-electron chi connectivity index (χ2n) is 8.60. The summed E-state index contributed by atoms with van der Waals surface area (Å²) in [5.41, 5.74) is 3.06. The zero-order valence-electron chi connectivity index (χ0n) is 17.8. The van der Waals surface area contributed by atoms with Crippen LogP contribution >= 0.6 is 0 Å². The van der Waals surface area contributed by atoms with Crippen molar-refractivity contribution in [3.63, 3.8) is 0 Å². The number of aryl methyl sites for hydroxylation is 2. The van der Waals surface area contributed by atoms with Gasteiger partial charge in [-0.2, -0.15) is 0 Å². The molecule has 2 saturated heterocycles. The van der Waals surface area contributed by atoms with Gasteiger partial charge in [0, 0.05) is 36.9 Å². The Morgan fingerprint density at radius 3 is 2.65 bits per heavy atom. The zero-order valence-corrected chi connectivity index (χ0v) is 17.8. The Labute approximate surface area is 182 Å². The fourth-order valence-corrected chi connectivity index (χ4v) is 4.80. The molecule has 5 heterocycles. The molecule has 3 fully saturated rings. The third kappa shape index (κ3) is 3.87. The first kappa shape index (κ1) is 19.6. The van der Waals surface area contributed by atoms with E-state index >= 15 is 0 Å². The maximum absolute atomic E-state index is 13.7. The highest BCUT2D eigenvalue weighted by molar-refractivity contribution is 5.98. The number of hydrogen-bond donors (Lipinski definition) is 1. The molecule has 3 aromatic rings. The van der Waals surface area contributed by atoms with Crippen molar-refractivity contribution in [2.45, 2.75) is 45.2 Å². The number of carbonyl (C=O) groups is 1. The molecule has 0 radical (unpaired) electrons. The Balaban J connectivity index is 1.44. The maximum atomic E-state index is 13.7. The number of amides is 1. The third-order valence-electron chi connectivity index (χ3n) is 6.33. The third-order valence-corrected chi connectivity index (χ3v) is 6.33. The summed E-state index contributed by atoms with van der Waals surface area (Å²) in [6.07, 6.45) is 8.45. The molecule has 2 aliphatic heterocycles.